The Hall–Kier alpha value is -1.75. The molecule has 1 aromatic carbocycles. The fraction of sp³-hybridized carbons (Fsp3) is 0.632. The minimum absolute atomic E-state index is 0.290. The molecule has 1 unspecified atom stereocenters. The lowest BCUT2D eigenvalue weighted by atomic mass is 9.96. The van der Waals surface area contributed by atoms with E-state index >= 15 is 0 Å². The predicted octanol–water partition coefficient (Wildman–Crippen LogP) is 2.29. The third-order valence-electron chi connectivity index (χ3n) is 5.44. The summed E-state index contributed by atoms with van der Waals surface area (Å²) in [5, 5.41) is 0. The van der Waals surface area contributed by atoms with Crippen LogP contribution in [0.25, 0.3) is 0 Å². The third-order valence-corrected chi connectivity index (χ3v) is 5.44. The van der Waals surface area contributed by atoms with Gasteiger partial charge in [0.05, 0.1) is 14.2 Å². The van der Waals surface area contributed by atoms with Gasteiger partial charge in [0.2, 0.25) is 5.91 Å². The summed E-state index contributed by atoms with van der Waals surface area (Å²) in [5.74, 6) is 2.13. The van der Waals surface area contributed by atoms with Crippen molar-refractivity contribution in [3.8, 4) is 11.5 Å². The van der Waals surface area contributed by atoms with Crippen molar-refractivity contribution < 1.29 is 14.3 Å². The maximum atomic E-state index is 12.7. The zero-order chi connectivity index (χ0) is 17.1. The molecular formula is C19H28N2O3. The summed E-state index contributed by atoms with van der Waals surface area (Å²) in [6.45, 7) is 6.95. The van der Waals surface area contributed by atoms with Crippen molar-refractivity contribution in [2.24, 2.45) is 0 Å². The van der Waals surface area contributed by atoms with Crippen LogP contribution >= 0.6 is 0 Å². The van der Waals surface area contributed by atoms with E-state index in [0.717, 1.165) is 57.1 Å². The number of carbonyl (C=O) groups is 1. The third kappa shape index (κ3) is 3.36. The second kappa shape index (κ2) is 7.43. The number of methoxy groups -OCH3 is 2. The molecule has 0 spiro atoms. The number of aryl methyl sites for hydroxylation is 1. The molecule has 0 bridgehead atoms. The zero-order valence-electron chi connectivity index (χ0n) is 15.0. The van der Waals surface area contributed by atoms with Crippen LogP contribution in [0.3, 0.4) is 0 Å². The number of amides is 1. The predicted molar refractivity (Wildman–Crippen MR) is 93.9 cm³/mol. The second-order valence-electron chi connectivity index (χ2n) is 6.66. The van der Waals surface area contributed by atoms with Crippen molar-refractivity contribution in [2.45, 2.75) is 32.1 Å². The molecule has 1 heterocycles. The van der Waals surface area contributed by atoms with Crippen LogP contribution in [-0.4, -0.2) is 62.7 Å². The number of nitrogens with zero attached hydrogens (tertiary/aromatic N) is 2. The average molecular weight is 332 g/mol. The number of likely N-dealkylation sites (N-methyl/N-ethyl adjacent to an activating group) is 1. The SMILES string of the molecule is CCN1CCN(C(=O)CC2CCc3cc(OC)c(OC)cc32)CC1. The number of benzene rings is 1. The Morgan fingerprint density at radius 1 is 1.12 bits per heavy atom. The highest BCUT2D eigenvalue weighted by molar-refractivity contribution is 5.77. The van der Waals surface area contributed by atoms with Gasteiger partial charge in [-0.05, 0) is 48.6 Å². The van der Waals surface area contributed by atoms with Gasteiger partial charge in [0.15, 0.2) is 11.5 Å². The van der Waals surface area contributed by atoms with E-state index in [9.17, 15) is 4.79 Å². The van der Waals surface area contributed by atoms with Gasteiger partial charge in [-0.3, -0.25) is 4.79 Å². The Morgan fingerprint density at radius 2 is 1.79 bits per heavy atom. The second-order valence-corrected chi connectivity index (χ2v) is 6.66. The molecule has 0 radical (unpaired) electrons. The van der Waals surface area contributed by atoms with Crippen LogP contribution in [0.5, 0.6) is 11.5 Å². The lowest BCUT2D eigenvalue weighted by Crippen LogP contribution is -2.48. The van der Waals surface area contributed by atoms with Crippen LogP contribution < -0.4 is 9.47 Å². The van der Waals surface area contributed by atoms with Gasteiger partial charge in [-0.2, -0.15) is 0 Å². The first-order chi connectivity index (χ1) is 11.7. The largest absolute Gasteiger partial charge is 0.493 e. The van der Waals surface area contributed by atoms with E-state index in [4.69, 9.17) is 9.47 Å². The molecule has 1 atom stereocenters. The molecule has 0 aromatic heterocycles. The normalized spacial score (nSPS) is 20.8. The van der Waals surface area contributed by atoms with Gasteiger partial charge >= 0.3 is 0 Å². The van der Waals surface area contributed by atoms with E-state index in [-0.39, 0.29) is 0 Å². The van der Waals surface area contributed by atoms with Gasteiger partial charge in [0.25, 0.3) is 0 Å². The monoisotopic (exact) mass is 332 g/mol. The van der Waals surface area contributed by atoms with E-state index in [2.05, 4.69) is 24.0 Å². The molecule has 132 valence electrons. The van der Waals surface area contributed by atoms with Crippen molar-refractivity contribution in [1.82, 2.24) is 9.80 Å². The summed E-state index contributed by atoms with van der Waals surface area (Å²) in [6.07, 6.45) is 2.65. The van der Waals surface area contributed by atoms with Crippen molar-refractivity contribution in [1.29, 1.82) is 0 Å². The van der Waals surface area contributed by atoms with Crippen molar-refractivity contribution >= 4 is 5.91 Å². The lowest BCUT2D eigenvalue weighted by Gasteiger charge is -2.34. The van der Waals surface area contributed by atoms with Crippen molar-refractivity contribution in [3.05, 3.63) is 23.3 Å². The van der Waals surface area contributed by atoms with Gasteiger partial charge in [0, 0.05) is 32.6 Å². The number of ether oxygens (including phenoxy) is 2. The van der Waals surface area contributed by atoms with Gasteiger partial charge in [0.1, 0.15) is 0 Å². The highest BCUT2D eigenvalue weighted by Gasteiger charge is 2.29. The smallest absolute Gasteiger partial charge is 0.223 e. The fourth-order valence-electron chi connectivity index (χ4n) is 3.88. The van der Waals surface area contributed by atoms with Crippen molar-refractivity contribution in [3.63, 3.8) is 0 Å². The van der Waals surface area contributed by atoms with Crippen LogP contribution in [-0.2, 0) is 11.2 Å². The summed E-state index contributed by atoms with van der Waals surface area (Å²) < 4.78 is 10.8. The molecule has 24 heavy (non-hydrogen) atoms. The Kier molecular flexibility index (Phi) is 5.29. The molecule has 0 saturated carbocycles. The molecule has 1 amide bonds. The summed E-state index contributed by atoms with van der Waals surface area (Å²) in [6, 6.07) is 4.13. The highest BCUT2D eigenvalue weighted by Crippen LogP contribution is 2.42. The van der Waals surface area contributed by atoms with Crippen LogP contribution in [0.1, 0.15) is 36.8 Å². The molecule has 2 aliphatic rings. The maximum Gasteiger partial charge on any atom is 0.223 e. The first-order valence-electron chi connectivity index (χ1n) is 8.91. The molecule has 1 aromatic rings. The number of rotatable bonds is 5. The molecule has 1 aliphatic carbocycles. The molecule has 0 N–H and O–H groups in total. The minimum Gasteiger partial charge on any atom is -0.493 e. The van der Waals surface area contributed by atoms with Crippen molar-refractivity contribution in [2.75, 3.05) is 46.9 Å². The Labute approximate surface area is 144 Å². The minimum atomic E-state index is 0.290. The number of fused-ring (bicyclic) bond motifs is 1. The summed E-state index contributed by atoms with van der Waals surface area (Å²) in [7, 11) is 3.32. The number of piperazine rings is 1. The fourth-order valence-corrected chi connectivity index (χ4v) is 3.88. The summed E-state index contributed by atoms with van der Waals surface area (Å²) in [4.78, 5) is 17.1. The number of hydrogen-bond donors (Lipinski definition) is 0. The number of hydrogen-bond acceptors (Lipinski definition) is 4. The first kappa shape index (κ1) is 17.1. The topological polar surface area (TPSA) is 42.0 Å². The number of carbonyl (C=O) groups excluding carboxylic acids is 1. The average Bonchev–Trinajstić information content (AvgIpc) is 3.02. The van der Waals surface area contributed by atoms with E-state index in [1.54, 1.807) is 14.2 Å². The van der Waals surface area contributed by atoms with Gasteiger partial charge < -0.3 is 19.3 Å². The van der Waals surface area contributed by atoms with E-state index in [0.29, 0.717) is 18.2 Å². The quantitative estimate of drug-likeness (QED) is 0.830. The lowest BCUT2D eigenvalue weighted by molar-refractivity contribution is -0.133. The summed E-state index contributed by atoms with van der Waals surface area (Å²) in [5.41, 5.74) is 2.55. The van der Waals surface area contributed by atoms with Crippen LogP contribution in [0.4, 0.5) is 0 Å². The van der Waals surface area contributed by atoms with Crippen LogP contribution in [0, 0.1) is 0 Å². The molecule has 5 heteroatoms. The maximum absolute atomic E-state index is 12.7. The van der Waals surface area contributed by atoms with Gasteiger partial charge in [-0.1, -0.05) is 6.92 Å². The Bertz CT molecular complexity index is 595. The molecule has 1 fully saturated rings. The van der Waals surface area contributed by atoms with Crippen LogP contribution in [0.15, 0.2) is 12.1 Å². The summed E-state index contributed by atoms with van der Waals surface area (Å²) >= 11 is 0. The molecule has 1 saturated heterocycles. The molecule has 5 nitrogen and oxygen atoms in total. The van der Waals surface area contributed by atoms with E-state index in [1.807, 2.05) is 4.90 Å². The Morgan fingerprint density at radius 3 is 2.42 bits per heavy atom. The van der Waals surface area contributed by atoms with E-state index in [1.165, 1.54) is 11.1 Å². The standard InChI is InChI=1S/C19H28N2O3/c1-4-20-7-9-21(10-8-20)19(22)12-15-6-5-14-11-17(23-2)18(24-3)13-16(14)15/h11,13,15H,4-10,12H2,1-3H3. The van der Waals surface area contributed by atoms with Gasteiger partial charge in [-0.25, -0.2) is 0 Å². The Balaban J connectivity index is 1.67. The first-order valence-corrected chi connectivity index (χ1v) is 8.91. The molecular weight excluding hydrogens is 304 g/mol. The highest BCUT2D eigenvalue weighted by atomic mass is 16.5. The molecule has 3 rings (SSSR count). The molecule has 1 aliphatic heterocycles. The van der Waals surface area contributed by atoms with Crippen LogP contribution in [0.2, 0.25) is 0 Å². The zero-order valence-corrected chi connectivity index (χ0v) is 15.0. The van der Waals surface area contributed by atoms with Gasteiger partial charge in [-0.15, -0.1) is 0 Å². The van der Waals surface area contributed by atoms with E-state index < -0.39 is 0 Å².